The summed E-state index contributed by atoms with van der Waals surface area (Å²) in [6.45, 7) is -0.817. The molecule has 1 aromatic carbocycles. The third kappa shape index (κ3) is 3.99. The van der Waals surface area contributed by atoms with Crippen molar-refractivity contribution in [2.24, 2.45) is 0 Å². The van der Waals surface area contributed by atoms with Crippen LogP contribution in [0.5, 0.6) is 5.75 Å². The Morgan fingerprint density at radius 2 is 2.00 bits per heavy atom. The second kappa shape index (κ2) is 5.24. The number of ether oxygens (including phenoxy) is 1. The summed E-state index contributed by atoms with van der Waals surface area (Å²) in [5.41, 5.74) is -0.883. The van der Waals surface area contributed by atoms with E-state index in [9.17, 15) is 21.6 Å². The molecule has 0 saturated carbocycles. The molecule has 5 nitrogen and oxygen atoms in total. The predicted molar refractivity (Wildman–Crippen MR) is 56.8 cm³/mol. The SMILES string of the molecule is N#Cc1cc(CO)c(S(=O)(=O)Cl)cc1OC(F)(F)F. The lowest BCUT2D eigenvalue weighted by Gasteiger charge is -2.13. The number of nitrogens with zero attached hydrogens (tertiary/aromatic N) is 1. The van der Waals surface area contributed by atoms with Gasteiger partial charge < -0.3 is 9.84 Å². The minimum Gasteiger partial charge on any atom is -0.404 e. The molecule has 0 unspecified atom stereocenters. The van der Waals surface area contributed by atoms with Crippen LogP contribution in [0.4, 0.5) is 13.2 Å². The van der Waals surface area contributed by atoms with Gasteiger partial charge in [0, 0.05) is 16.7 Å². The molecule has 10 heteroatoms. The molecule has 0 spiro atoms. The minimum absolute atomic E-state index is 0.305. The molecule has 0 aromatic heterocycles. The molecule has 0 aliphatic rings. The zero-order chi connectivity index (χ0) is 14.8. The first-order chi connectivity index (χ1) is 8.58. The standard InChI is InChI=1S/C9H5ClF3NO4S/c10-19(16,17)8-2-7(18-9(11,12)13)5(3-14)1-6(8)4-15/h1-2,15H,4H2. The molecule has 1 N–H and O–H groups in total. The summed E-state index contributed by atoms with van der Waals surface area (Å²) in [6, 6.07) is 2.60. The van der Waals surface area contributed by atoms with Crippen LogP contribution in [0.1, 0.15) is 11.1 Å². The first-order valence-electron chi connectivity index (χ1n) is 4.47. The van der Waals surface area contributed by atoms with Crippen LogP contribution in [0.15, 0.2) is 17.0 Å². The molecule has 1 rings (SSSR count). The molecule has 19 heavy (non-hydrogen) atoms. The minimum atomic E-state index is -5.10. The highest BCUT2D eigenvalue weighted by atomic mass is 35.7. The largest absolute Gasteiger partial charge is 0.573 e. The summed E-state index contributed by atoms with van der Waals surface area (Å²) >= 11 is 0. The second-order valence-electron chi connectivity index (χ2n) is 3.21. The third-order valence-corrected chi connectivity index (χ3v) is 3.35. The topological polar surface area (TPSA) is 87.4 Å². The van der Waals surface area contributed by atoms with Crippen LogP contribution >= 0.6 is 10.7 Å². The quantitative estimate of drug-likeness (QED) is 0.860. The molecule has 0 atom stereocenters. The van der Waals surface area contributed by atoms with Crippen molar-refractivity contribution in [1.82, 2.24) is 0 Å². The lowest BCUT2D eigenvalue weighted by Crippen LogP contribution is -2.18. The molecule has 0 amide bonds. The number of alkyl halides is 3. The van der Waals surface area contributed by atoms with Crippen molar-refractivity contribution in [3.63, 3.8) is 0 Å². The van der Waals surface area contributed by atoms with Crippen molar-refractivity contribution in [3.8, 4) is 11.8 Å². The lowest BCUT2D eigenvalue weighted by atomic mass is 10.1. The average Bonchev–Trinajstić information content (AvgIpc) is 2.25. The molecule has 0 saturated heterocycles. The zero-order valence-corrected chi connectivity index (χ0v) is 10.5. The fourth-order valence-corrected chi connectivity index (χ4v) is 2.37. The van der Waals surface area contributed by atoms with Gasteiger partial charge in [-0.3, -0.25) is 0 Å². The number of benzene rings is 1. The maximum absolute atomic E-state index is 12.1. The Kier molecular flexibility index (Phi) is 4.29. The first kappa shape index (κ1) is 15.6. The van der Waals surface area contributed by atoms with Crippen LogP contribution < -0.4 is 4.74 Å². The molecule has 1 aromatic rings. The Labute approximate surface area is 110 Å². The smallest absolute Gasteiger partial charge is 0.404 e. The van der Waals surface area contributed by atoms with Crippen LogP contribution in [0.3, 0.4) is 0 Å². The number of aliphatic hydroxyl groups is 1. The lowest BCUT2D eigenvalue weighted by molar-refractivity contribution is -0.274. The Balaban J connectivity index is 3.53. The van der Waals surface area contributed by atoms with Crippen LogP contribution in [-0.4, -0.2) is 19.9 Å². The van der Waals surface area contributed by atoms with Crippen LogP contribution in [0.25, 0.3) is 0 Å². The molecular formula is C9H5ClF3NO4S. The highest BCUT2D eigenvalue weighted by Gasteiger charge is 2.33. The van der Waals surface area contributed by atoms with Crippen LogP contribution in [0, 0.1) is 11.3 Å². The number of hydrogen-bond acceptors (Lipinski definition) is 5. The number of hydrogen-bond donors (Lipinski definition) is 1. The van der Waals surface area contributed by atoms with Gasteiger partial charge in [-0.05, 0) is 11.6 Å². The Bertz CT molecular complexity index is 636. The molecule has 0 heterocycles. The van der Waals surface area contributed by atoms with Gasteiger partial charge in [0.05, 0.1) is 17.1 Å². The van der Waals surface area contributed by atoms with Crippen molar-refractivity contribution >= 4 is 19.7 Å². The highest BCUT2D eigenvalue weighted by Crippen LogP contribution is 2.32. The summed E-state index contributed by atoms with van der Waals surface area (Å²) in [7, 11) is 0.629. The summed E-state index contributed by atoms with van der Waals surface area (Å²) in [5.74, 6) is -1.01. The fourth-order valence-electron chi connectivity index (χ4n) is 1.25. The molecule has 0 aliphatic carbocycles. The number of halogens is 4. The predicted octanol–water partition coefficient (Wildman–Crippen LogP) is 1.88. The third-order valence-electron chi connectivity index (χ3n) is 1.94. The summed E-state index contributed by atoms with van der Waals surface area (Å²) in [5, 5.41) is 17.6. The van der Waals surface area contributed by atoms with Crippen molar-refractivity contribution < 1.29 is 31.4 Å². The zero-order valence-electron chi connectivity index (χ0n) is 8.90. The molecular weight excluding hydrogens is 311 g/mol. The maximum atomic E-state index is 12.1. The van der Waals surface area contributed by atoms with Gasteiger partial charge >= 0.3 is 6.36 Å². The monoisotopic (exact) mass is 315 g/mol. The van der Waals surface area contributed by atoms with Gasteiger partial charge in [-0.2, -0.15) is 5.26 Å². The van der Waals surface area contributed by atoms with E-state index in [0.29, 0.717) is 6.07 Å². The Hall–Kier alpha value is -1.50. The number of aliphatic hydroxyl groups excluding tert-OH is 1. The van der Waals surface area contributed by atoms with Crippen molar-refractivity contribution in [3.05, 3.63) is 23.3 Å². The van der Waals surface area contributed by atoms with Crippen LogP contribution in [0.2, 0.25) is 0 Å². The van der Waals surface area contributed by atoms with E-state index >= 15 is 0 Å². The Morgan fingerprint density at radius 3 is 2.37 bits per heavy atom. The molecule has 0 aliphatic heterocycles. The van der Waals surface area contributed by atoms with E-state index in [0.717, 1.165) is 6.07 Å². The van der Waals surface area contributed by atoms with E-state index < -0.39 is 38.2 Å². The van der Waals surface area contributed by atoms with E-state index in [1.54, 1.807) is 0 Å². The van der Waals surface area contributed by atoms with Crippen molar-refractivity contribution in [2.45, 2.75) is 17.9 Å². The maximum Gasteiger partial charge on any atom is 0.573 e. The van der Waals surface area contributed by atoms with Gasteiger partial charge in [0.25, 0.3) is 9.05 Å². The van der Waals surface area contributed by atoms with Gasteiger partial charge in [0.15, 0.2) is 0 Å². The van der Waals surface area contributed by atoms with Crippen LogP contribution in [-0.2, 0) is 15.7 Å². The molecule has 0 fully saturated rings. The van der Waals surface area contributed by atoms with E-state index in [1.807, 2.05) is 0 Å². The fraction of sp³-hybridized carbons (Fsp3) is 0.222. The van der Waals surface area contributed by atoms with Gasteiger partial charge in [-0.25, -0.2) is 8.42 Å². The first-order valence-corrected chi connectivity index (χ1v) is 6.77. The molecule has 104 valence electrons. The summed E-state index contributed by atoms with van der Waals surface area (Å²) in [6.07, 6.45) is -5.10. The second-order valence-corrected chi connectivity index (χ2v) is 5.75. The normalized spacial score (nSPS) is 12.0. The van der Waals surface area contributed by atoms with E-state index in [1.165, 1.54) is 6.07 Å². The average molecular weight is 316 g/mol. The van der Waals surface area contributed by atoms with E-state index in [-0.39, 0.29) is 5.56 Å². The van der Waals surface area contributed by atoms with Crippen molar-refractivity contribution in [1.29, 1.82) is 5.26 Å². The van der Waals surface area contributed by atoms with Gasteiger partial charge in [0.1, 0.15) is 11.8 Å². The van der Waals surface area contributed by atoms with Crippen molar-refractivity contribution in [2.75, 3.05) is 0 Å². The summed E-state index contributed by atoms with van der Waals surface area (Å²) < 4.78 is 62.2. The molecule has 0 radical (unpaired) electrons. The highest BCUT2D eigenvalue weighted by molar-refractivity contribution is 8.13. The van der Waals surface area contributed by atoms with E-state index in [4.69, 9.17) is 21.1 Å². The number of nitriles is 1. The molecule has 0 bridgehead atoms. The van der Waals surface area contributed by atoms with E-state index in [2.05, 4.69) is 4.74 Å². The van der Waals surface area contributed by atoms with Gasteiger partial charge in [-0.15, -0.1) is 13.2 Å². The van der Waals surface area contributed by atoms with Gasteiger partial charge in [0.2, 0.25) is 0 Å². The number of rotatable bonds is 3. The summed E-state index contributed by atoms with van der Waals surface area (Å²) in [4.78, 5) is -0.755. The Morgan fingerprint density at radius 1 is 1.42 bits per heavy atom. The van der Waals surface area contributed by atoms with Gasteiger partial charge in [-0.1, -0.05) is 0 Å².